The van der Waals surface area contributed by atoms with Crippen LogP contribution in [0.15, 0.2) is 45.5 Å². The summed E-state index contributed by atoms with van der Waals surface area (Å²) in [5.74, 6) is 0.957. The zero-order valence-electron chi connectivity index (χ0n) is 10.9. The molecule has 20 heavy (non-hydrogen) atoms. The Hall–Kier alpha value is -0.910. The molecule has 1 aliphatic rings. The first kappa shape index (κ1) is 14.0. The third-order valence-electron chi connectivity index (χ3n) is 3.70. The molecule has 2 heterocycles. The van der Waals surface area contributed by atoms with Crippen LogP contribution in [-0.4, -0.2) is 18.1 Å². The van der Waals surface area contributed by atoms with E-state index in [1.54, 1.807) is 0 Å². The summed E-state index contributed by atoms with van der Waals surface area (Å²) < 4.78 is 1.96. The van der Waals surface area contributed by atoms with Crippen molar-refractivity contribution in [2.75, 3.05) is 18.0 Å². The SMILES string of the molecule is NCC1c2ccccc2CCN1c1ncc(Br)cc1Br. The Morgan fingerprint density at radius 1 is 1.30 bits per heavy atom. The summed E-state index contributed by atoms with van der Waals surface area (Å²) in [5.41, 5.74) is 8.75. The van der Waals surface area contributed by atoms with Crippen molar-refractivity contribution in [3.05, 3.63) is 56.6 Å². The number of pyridine rings is 1. The Bertz CT molecular complexity index is 630. The van der Waals surface area contributed by atoms with Crippen LogP contribution in [0.25, 0.3) is 0 Å². The van der Waals surface area contributed by atoms with Gasteiger partial charge in [-0.15, -0.1) is 0 Å². The van der Waals surface area contributed by atoms with E-state index >= 15 is 0 Å². The van der Waals surface area contributed by atoms with E-state index in [9.17, 15) is 0 Å². The molecule has 0 saturated heterocycles. The second-order valence-electron chi connectivity index (χ2n) is 4.85. The van der Waals surface area contributed by atoms with E-state index in [-0.39, 0.29) is 6.04 Å². The van der Waals surface area contributed by atoms with Crippen LogP contribution in [-0.2, 0) is 6.42 Å². The predicted molar refractivity (Wildman–Crippen MR) is 88.9 cm³/mol. The summed E-state index contributed by atoms with van der Waals surface area (Å²) in [6.07, 6.45) is 2.85. The lowest BCUT2D eigenvalue weighted by atomic mass is 9.92. The van der Waals surface area contributed by atoms with Crippen LogP contribution in [0.2, 0.25) is 0 Å². The van der Waals surface area contributed by atoms with Gasteiger partial charge in [-0.2, -0.15) is 0 Å². The lowest BCUT2D eigenvalue weighted by Gasteiger charge is -2.38. The van der Waals surface area contributed by atoms with E-state index in [1.807, 2.05) is 12.3 Å². The molecule has 1 aromatic carbocycles. The van der Waals surface area contributed by atoms with Gasteiger partial charge >= 0.3 is 0 Å². The monoisotopic (exact) mass is 395 g/mol. The number of fused-ring (bicyclic) bond motifs is 1. The fourth-order valence-corrected chi connectivity index (χ4v) is 3.99. The summed E-state index contributed by atoms with van der Waals surface area (Å²) in [6, 6.07) is 10.7. The molecule has 0 amide bonds. The van der Waals surface area contributed by atoms with Crippen LogP contribution in [0.1, 0.15) is 17.2 Å². The number of rotatable bonds is 2. The van der Waals surface area contributed by atoms with Crippen molar-refractivity contribution in [1.29, 1.82) is 0 Å². The van der Waals surface area contributed by atoms with Crippen LogP contribution >= 0.6 is 31.9 Å². The average molecular weight is 397 g/mol. The van der Waals surface area contributed by atoms with E-state index in [2.05, 4.69) is 66.0 Å². The van der Waals surface area contributed by atoms with E-state index in [4.69, 9.17) is 5.73 Å². The molecule has 2 aromatic rings. The molecule has 1 aliphatic heterocycles. The number of nitrogens with two attached hydrogens (primary N) is 1. The second kappa shape index (κ2) is 5.84. The molecule has 1 unspecified atom stereocenters. The molecule has 0 saturated carbocycles. The Morgan fingerprint density at radius 2 is 2.10 bits per heavy atom. The first-order chi connectivity index (χ1) is 9.70. The maximum atomic E-state index is 6.03. The maximum Gasteiger partial charge on any atom is 0.143 e. The van der Waals surface area contributed by atoms with Gasteiger partial charge in [0.25, 0.3) is 0 Å². The summed E-state index contributed by atoms with van der Waals surface area (Å²) in [7, 11) is 0. The molecular weight excluding hydrogens is 382 g/mol. The van der Waals surface area contributed by atoms with Crippen molar-refractivity contribution in [1.82, 2.24) is 4.98 Å². The number of benzene rings is 1. The summed E-state index contributed by atoms with van der Waals surface area (Å²) in [4.78, 5) is 6.84. The van der Waals surface area contributed by atoms with Crippen molar-refractivity contribution in [2.45, 2.75) is 12.5 Å². The van der Waals surface area contributed by atoms with E-state index in [0.29, 0.717) is 6.54 Å². The predicted octanol–water partition coefficient (Wildman–Crippen LogP) is 3.67. The Balaban J connectivity index is 2.03. The van der Waals surface area contributed by atoms with E-state index in [0.717, 1.165) is 27.7 Å². The molecule has 2 N–H and O–H groups in total. The van der Waals surface area contributed by atoms with Crippen molar-refractivity contribution < 1.29 is 0 Å². The van der Waals surface area contributed by atoms with Crippen LogP contribution in [0, 0.1) is 0 Å². The molecule has 104 valence electrons. The Labute approximate surface area is 135 Å². The Kier molecular flexibility index (Phi) is 4.10. The molecule has 0 bridgehead atoms. The standard InChI is InChI=1S/C15H15Br2N3/c16-11-7-13(17)15(19-9-11)20-6-5-10-3-1-2-4-12(10)14(20)8-18/h1-4,7,9,14H,5-6,8,18H2. The van der Waals surface area contributed by atoms with Gasteiger partial charge in [-0.3, -0.25) is 0 Å². The molecular formula is C15H15Br2N3. The first-order valence-corrected chi connectivity index (χ1v) is 8.15. The van der Waals surface area contributed by atoms with Crippen molar-refractivity contribution >= 4 is 37.7 Å². The van der Waals surface area contributed by atoms with Crippen molar-refractivity contribution in [3.8, 4) is 0 Å². The largest absolute Gasteiger partial charge is 0.347 e. The molecule has 3 nitrogen and oxygen atoms in total. The fraction of sp³-hybridized carbons (Fsp3) is 0.267. The minimum atomic E-state index is 0.185. The smallest absolute Gasteiger partial charge is 0.143 e. The fourth-order valence-electron chi connectivity index (χ4n) is 2.78. The van der Waals surface area contributed by atoms with Gasteiger partial charge in [-0.05, 0) is 55.5 Å². The third-order valence-corrected chi connectivity index (χ3v) is 4.71. The lowest BCUT2D eigenvalue weighted by molar-refractivity contribution is 0.583. The average Bonchev–Trinajstić information content (AvgIpc) is 2.46. The zero-order valence-corrected chi connectivity index (χ0v) is 14.1. The van der Waals surface area contributed by atoms with Gasteiger partial charge in [0.1, 0.15) is 5.82 Å². The highest BCUT2D eigenvalue weighted by atomic mass is 79.9. The van der Waals surface area contributed by atoms with Crippen LogP contribution < -0.4 is 10.6 Å². The molecule has 0 radical (unpaired) electrons. The van der Waals surface area contributed by atoms with E-state index < -0.39 is 0 Å². The topological polar surface area (TPSA) is 42.1 Å². The van der Waals surface area contributed by atoms with Gasteiger partial charge < -0.3 is 10.6 Å². The maximum absolute atomic E-state index is 6.03. The highest BCUT2D eigenvalue weighted by Gasteiger charge is 2.28. The first-order valence-electron chi connectivity index (χ1n) is 6.56. The molecule has 1 atom stereocenters. The normalized spacial score (nSPS) is 17.9. The van der Waals surface area contributed by atoms with Crippen molar-refractivity contribution in [3.63, 3.8) is 0 Å². The van der Waals surface area contributed by atoms with Crippen LogP contribution in [0.4, 0.5) is 5.82 Å². The summed E-state index contributed by atoms with van der Waals surface area (Å²) >= 11 is 7.05. The number of nitrogens with zero attached hydrogens (tertiary/aromatic N) is 2. The number of aromatic nitrogens is 1. The minimum absolute atomic E-state index is 0.185. The number of hydrogen-bond donors (Lipinski definition) is 1. The van der Waals surface area contributed by atoms with Gasteiger partial charge in [0.2, 0.25) is 0 Å². The Morgan fingerprint density at radius 3 is 2.85 bits per heavy atom. The van der Waals surface area contributed by atoms with Gasteiger partial charge in [-0.1, -0.05) is 24.3 Å². The van der Waals surface area contributed by atoms with Gasteiger partial charge in [0, 0.05) is 23.8 Å². The molecule has 5 heteroatoms. The van der Waals surface area contributed by atoms with Gasteiger partial charge in [0.05, 0.1) is 10.5 Å². The number of halogens is 2. The lowest BCUT2D eigenvalue weighted by Crippen LogP contribution is -2.40. The van der Waals surface area contributed by atoms with Crippen LogP contribution in [0.3, 0.4) is 0 Å². The molecule has 1 aromatic heterocycles. The summed E-state index contributed by atoms with van der Waals surface area (Å²) in [5, 5.41) is 0. The highest BCUT2D eigenvalue weighted by Crippen LogP contribution is 2.36. The summed E-state index contributed by atoms with van der Waals surface area (Å²) in [6.45, 7) is 1.52. The zero-order chi connectivity index (χ0) is 14.1. The van der Waals surface area contributed by atoms with Crippen molar-refractivity contribution in [2.24, 2.45) is 5.73 Å². The molecule has 0 spiro atoms. The highest BCUT2D eigenvalue weighted by molar-refractivity contribution is 9.11. The van der Waals surface area contributed by atoms with Gasteiger partial charge in [0.15, 0.2) is 0 Å². The minimum Gasteiger partial charge on any atom is -0.347 e. The van der Waals surface area contributed by atoms with E-state index in [1.165, 1.54) is 11.1 Å². The molecule has 0 aliphatic carbocycles. The molecule has 0 fully saturated rings. The quantitative estimate of drug-likeness (QED) is 0.841. The number of hydrogen-bond acceptors (Lipinski definition) is 3. The molecule has 3 rings (SSSR count). The second-order valence-corrected chi connectivity index (χ2v) is 6.62. The third kappa shape index (κ3) is 2.50. The van der Waals surface area contributed by atoms with Crippen LogP contribution in [0.5, 0.6) is 0 Å². The number of anilines is 1. The van der Waals surface area contributed by atoms with Gasteiger partial charge in [-0.25, -0.2) is 4.98 Å².